The molecule has 0 aliphatic rings. The molecule has 0 aliphatic heterocycles. The maximum atomic E-state index is 13.9. The van der Waals surface area contributed by atoms with Crippen molar-refractivity contribution >= 4 is 34.1 Å². The minimum absolute atomic E-state index is 0.00199. The third-order valence-electron chi connectivity index (χ3n) is 4.81. The van der Waals surface area contributed by atoms with Gasteiger partial charge < -0.3 is 5.32 Å². The Hall–Kier alpha value is -3.71. The van der Waals surface area contributed by atoms with E-state index in [2.05, 4.69) is 5.32 Å². The number of carbonyl (C=O) groups excluding carboxylic acids is 1. The number of halogens is 2. The zero-order chi connectivity index (χ0) is 22.0. The van der Waals surface area contributed by atoms with E-state index in [0.29, 0.717) is 21.5 Å². The van der Waals surface area contributed by atoms with Gasteiger partial charge in [-0.05, 0) is 42.0 Å². The molecule has 0 aliphatic carbocycles. The number of hydrogen-bond donors (Lipinski definition) is 1. The average Bonchev–Trinajstić information content (AvgIpc) is 2.76. The van der Waals surface area contributed by atoms with Crippen molar-refractivity contribution in [3.63, 3.8) is 0 Å². The number of hydrogen-bond acceptors (Lipinski definition) is 3. The lowest BCUT2D eigenvalue weighted by molar-refractivity contribution is -0.116. The molecular formula is C23H17ClFN3O3. The molecule has 0 saturated heterocycles. The number of aromatic nitrogens is 2. The molecule has 4 aromatic rings. The monoisotopic (exact) mass is 437 g/mol. The van der Waals surface area contributed by atoms with Gasteiger partial charge in [0.15, 0.2) is 0 Å². The Bertz CT molecular complexity index is 1410. The third kappa shape index (κ3) is 4.27. The smallest absolute Gasteiger partial charge is 0.322 e. The molecule has 0 atom stereocenters. The predicted molar refractivity (Wildman–Crippen MR) is 118 cm³/mol. The fourth-order valence-electron chi connectivity index (χ4n) is 3.38. The average molecular weight is 438 g/mol. The highest BCUT2D eigenvalue weighted by atomic mass is 35.5. The summed E-state index contributed by atoms with van der Waals surface area (Å²) >= 11 is 6.02. The number of nitrogens with zero attached hydrogens (tertiary/aromatic N) is 2. The van der Waals surface area contributed by atoms with Gasteiger partial charge in [0, 0.05) is 5.02 Å². The SMILES string of the molecule is O=C(Cn1c(=O)n(Cc2cccc(Cl)c2)c(=O)c2ccccc21)Nc1ccccc1F. The summed E-state index contributed by atoms with van der Waals surface area (Å²) in [6.45, 7) is -0.387. The molecule has 0 spiro atoms. The van der Waals surface area contributed by atoms with Crippen LogP contribution in [0.3, 0.4) is 0 Å². The van der Waals surface area contributed by atoms with Gasteiger partial charge in [0.25, 0.3) is 5.56 Å². The van der Waals surface area contributed by atoms with E-state index in [0.717, 1.165) is 4.57 Å². The first-order valence-corrected chi connectivity index (χ1v) is 9.83. The quantitative estimate of drug-likeness (QED) is 0.518. The predicted octanol–water partition coefficient (Wildman–Crippen LogP) is 3.64. The van der Waals surface area contributed by atoms with Gasteiger partial charge >= 0.3 is 5.69 Å². The molecule has 3 aromatic carbocycles. The largest absolute Gasteiger partial charge is 0.332 e. The van der Waals surface area contributed by atoms with E-state index in [4.69, 9.17) is 11.6 Å². The lowest BCUT2D eigenvalue weighted by atomic mass is 10.2. The van der Waals surface area contributed by atoms with E-state index in [-0.39, 0.29) is 18.8 Å². The highest BCUT2D eigenvalue weighted by Gasteiger charge is 2.16. The maximum Gasteiger partial charge on any atom is 0.332 e. The van der Waals surface area contributed by atoms with Crippen molar-refractivity contribution in [3.05, 3.63) is 110 Å². The standard InChI is InChI=1S/C23H17ClFN3O3/c24-16-7-5-6-15(12-16)13-28-22(30)17-8-1-4-11-20(17)27(23(28)31)14-21(29)26-19-10-3-2-9-18(19)25/h1-12H,13-14H2,(H,26,29). The Kier molecular flexibility index (Phi) is 5.68. The molecule has 0 unspecified atom stereocenters. The zero-order valence-electron chi connectivity index (χ0n) is 16.2. The molecule has 0 saturated carbocycles. The molecular weight excluding hydrogens is 421 g/mol. The number of fused-ring (bicyclic) bond motifs is 1. The van der Waals surface area contributed by atoms with Crippen LogP contribution in [0.5, 0.6) is 0 Å². The molecule has 4 rings (SSSR count). The molecule has 0 radical (unpaired) electrons. The lowest BCUT2D eigenvalue weighted by Gasteiger charge is -2.14. The van der Waals surface area contributed by atoms with Gasteiger partial charge in [-0.3, -0.25) is 18.7 Å². The van der Waals surface area contributed by atoms with E-state index in [9.17, 15) is 18.8 Å². The Balaban J connectivity index is 1.77. The van der Waals surface area contributed by atoms with Crippen molar-refractivity contribution in [2.24, 2.45) is 0 Å². The second-order valence-corrected chi connectivity index (χ2v) is 7.37. The Morgan fingerprint density at radius 1 is 0.935 bits per heavy atom. The van der Waals surface area contributed by atoms with Gasteiger partial charge in [-0.1, -0.05) is 48.0 Å². The van der Waals surface area contributed by atoms with Crippen molar-refractivity contribution in [1.82, 2.24) is 9.13 Å². The van der Waals surface area contributed by atoms with E-state index in [1.807, 2.05) is 0 Å². The van der Waals surface area contributed by atoms with E-state index in [1.165, 1.54) is 22.8 Å². The molecule has 156 valence electrons. The van der Waals surface area contributed by atoms with E-state index < -0.39 is 23.0 Å². The van der Waals surface area contributed by atoms with Gasteiger partial charge in [0.1, 0.15) is 12.4 Å². The van der Waals surface area contributed by atoms with Crippen molar-refractivity contribution < 1.29 is 9.18 Å². The van der Waals surface area contributed by atoms with Crippen LogP contribution in [-0.2, 0) is 17.9 Å². The number of benzene rings is 3. The summed E-state index contributed by atoms with van der Waals surface area (Å²) in [5.41, 5.74) is -0.108. The summed E-state index contributed by atoms with van der Waals surface area (Å²) < 4.78 is 16.1. The van der Waals surface area contributed by atoms with Gasteiger partial charge in [-0.2, -0.15) is 0 Å². The first-order chi connectivity index (χ1) is 14.9. The van der Waals surface area contributed by atoms with Gasteiger partial charge in [0.2, 0.25) is 5.91 Å². The summed E-state index contributed by atoms with van der Waals surface area (Å²) in [5.74, 6) is -1.18. The Morgan fingerprint density at radius 3 is 2.45 bits per heavy atom. The van der Waals surface area contributed by atoms with Gasteiger partial charge in [-0.25, -0.2) is 9.18 Å². The zero-order valence-corrected chi connectivity index (χ0v) is 17.0. The number of carbonyl (C=O) groups is 1. The van der Waals surface area contributed by atoms with Crippen LogP contribution in [0.4, 0.5) is 10.1 Å². The number of rotatable bonds is 5. The topological polar surface area (TPSA) is 73.1 Å². The number of para-hydroxylation sites is 2. The molecule has 1 aromatic heterocycles. The van der Waals surface area contributed by atoms with Crippen LogP contribution in [0, 0.1) is 5.82 Å². The fraction of sp³-hybridized carbons (Fsp3) is 0.0870. The number of amides is 1. The van der Waals surface area contributed by atoms with Crippen molar-refractivity contribution in [1.29, 1.82) is 0 Å². The molecule has 0 bridgehead atoms. The summed E-state index contributed by atoms with van der Waals surface area (Å²) in [4.78, 5) is 38.8. The van der Waals surface area contributed by atoms with Crippen LogP contribution >= 0.6 is 11.6 Å². The number of nitrogens with one attached hydrogen (secondary N) is 1. The van der Waals surface area contributed by atoms with Crippen molar-refractivity contribution in [2.75, 3.05) is 5.32 Å². The first-order valence-electron chi connectivity index (χ1n) is 9.45. The van der Waals surface area contributed by atoms with Gasteiger partial charge in [0.05, 0.1) is 23.1 Å². The normalized spacial score (nSPS) is 10.9. The van der Waals surface area contributed by atoms with Crippen LogP contribution < -0.4 is 16.6 Å². The maximum absolute atomic E-state index is 13.9. The minimum atomic E-state index is -0.646. The molecule has 31 heavy (non-hydrogen) atoms. The van der Waals surface area contributed by atoms with E-state index in [1.54, 1.807) is 54.6 Å². The lowest BCUT2D eigenvalue weighted by Crippen LogP contribution is -2.42. The molecule has 1 N–H and O–H groups in total. The molecule has 1 heterocycles. The van der Waals surface area contributed by atoms with Crippen LogP contribution in [0.2, 0.25) is 5.02 Å². The Labute approximate surface area is 181 Å². The summed E-state index contributed by atoms with van der Waals surface area (Å²) in [5, 5.41) is 3.24. The number of anilines is 1. The summed E-state index contributed by atoms with van der Waals surface area (Å²) in [7, 11) is 0. The molecule has 0 fully saturated rings. The molecule has 6 nitrogen and oxygen atoms in total. The van der Waals surface area contributed by atoms with Crippen LogP contribution in [0.15, 0.2) is 82.4 Å². The Morgan fingerprint density at radius 2 is 1.68 bits per heavy atom. The van der Waals surface area contributed by atoms with E-state index >= 15 is 0 Å². The molecule has 8 heteroatoms. The first kappa shape index (κ1) is 20.6. The second-order valence-electron chi connectivity index (χ2n) is 6.94. The van der Waals surface area contributed by atoms with Crippen molar-refractivity contribution in [3.8, 4) is 0 Å². The van der Waals surface area contributed by atoms with Gasteiger partial charge in [-0.15, -0.1) is 0 Å². The van der Waals surface area contributed by atoms with Crippen LogP contribution in [0.1, 0.15) is 5.56 Å². The highest BCUT2D eigenvalue weighted by Crippen LogP contribution is 2.14. The van der Waals surface area contributed by atoms with Crippen LogP contribution in [-0.4, -0.2) is 15.0 Å². The third-order valence-corrected chi connectivity index (χ3v) is 5.05. The summed E-state index contributed by atoms with van der Waals surface area (Å²) in [6.07, 6.45) is 0. The highest BCUT2D eigenvalue weighted by molar-refractivity contribution is 6.30. The fourth-order valence-corrected chi connectivity index (χ4v) is 3.59. The summed E-state index contributed by atoms with van der Waals surface area (Å²) in [6, 6.07) is 19.1. The molecule has 1 amide bonds. The van der Waals surface area contributed by atoms with Crippen LogP contribution in [0.25, 0.3) is 10.9 Å². The second kappa shape index (κ2) is 8.57. The van der Waals surface area contributed by atoms with Crippen molar-refractivity contribution in [2.45, 2.75) is 13.1 Å². The minimum Gasteiger partial charge on any atom is -0.322 e.